The highest BCUT2D eigenvalue weighted by Gasteiger charge is 2.13. The van der Waals surface area contributed by atoms with Crippen LogP contribution < -0.4 is 10.1 Å². The molecule has 0 radical (unpaired) electrons. The summed E-state index contributed by atoms with van der Waals surface area (Å²) >= 11 is 13.6. The van der Waals surface area contributed by atoms with E-state index in [1.165, 1.54) is 15.9 Å². The molecule has 8 heteroatoms. The van der Waals surface area contributed by atoms with Crippen molar-refractivity contribution in [1.29, 1.82) is 0 Å². The molecule has 0 bridgehead atoms. The molecule has 0 aliphatic heterocycles. The average Bonchev–Trinajstić information content (AvgIpc) is 3.43. The largest absolute Gasteiger partial charge is 0.457 e. The number of furan rings is 1. The van der Waals surface area contributed by atoms with Crippen LogP contribution in [0.5, 0.6) is 0 Å². The molecule has 0 N–H and O–H groups in total. The summed E-state index contributed by atoms with van der Waals surface area (Å²) < 4.78 is 7.69. The van der Waals surface area contributed by atoms with Crippen LogP contribution in [0.15, 0.2) is 69.9 Å². The molecule has 0 aliphatic rings. The fourth-order valence-electron chi connectivity index (χ4n) is 3.13. The Kier molecular flexibility index (Phi) is 4.90. The summed E-state index contributed by atoms with van der Waals surface area (Å²) in [6, 6.07) is 18.8. The minimum Gasteiger partial charge on any atom is -0.457 e. The number of nitrogens with zero attached hydrogens (tertiary/aromatic N) is 3. The number of hydrogen-bond acceptors (Lipinski definition) is 5. The van der Waals surface area contributed by atoms with Gasteiger partial charge in [0.05, 0.1) is 10.0 Å². The van der Waals surface area contributed by atoms with Crippen molar-refractivity contribution in [3.63, 3.8) is 0 Å². The molecule has 5 aromatic rings. The summed E-state index contributed by atoms with van der Waals surface area (Å²) in [5.41, 5.74) is 1.57. The van der Waals surface area contributed by atoms with Gasteiger partial charge in [-0.3, -0.25) is 4.79 Å². The van der Waals surface area contributed by atoms with Crippen LogP contribution in [0.1, 0.15) is 17.1 Å². The standard InChI is InChI=1S/C22H13Cl2N3O2S/c23-16-8-4-7-15(20(16)24)17-10-9-14(29-17)12-18-21(28)27-22(30-18)25-19(26-27)11-13-5-2-1-3-6-13/h1-10,12H,11H2/b18-12-. The van der Waals surface area contributed by atoms with Crippen molar-refractivity contribution in [2.24, 2.45) is 0 Å². The Morgan fingerprint density at radius 1 is 1.03 bits per heavy atom. The summed E-state index contributed by atoms with van der Waals surface area (Å²) in [5, 5.41) is 5.24. The normalized spacial score (nSPS) is 12.1. The predicted molar refractivity (Wildman–Crippen MR) is 119 cm³/mol. The SMILES string of the molecule is O=c1/c(=C/c2ccc(-c3cccc(Cl)c3Cl)o2)sc2nc(Cc3ccccc3)nn12. The molecule has 5 rings (SSSR count). The summed E-state index contributed by atoms with van der Waals surface area (Å²) in [6.07, 6.45) is 2.26. The molecule has 0 amide bonds. The lowest BCUT2D eigenvalue weighted by atomic mass is 10.1. The van der Waals surface area contributed by atoms with E-state index in [0.29, 0.717) is 48.9 Å². The van der Waals surface area contributed by atoms with Crippen molar-refractivity contribution in [2.45, 2.75) is 6.42 Å². The number of halogens is 2. The van der Waals surface area contributed by atoms with E-state index in [-0.39, 0.29) is 5.56 Å². The zero-order chi connectivity index (χ0) is 20.7. The molecule has 30 heavy (non-hydrogen) atoms. The third-order valence-electron chi connectivity index (χ3n) is 4.55. The van der Waals surface area contributed by atoms with E-state index in [4.69, 9.17) is 27.6 Å². The highest BCUT2D eigenvalue weighted by atomic mass is 35.5. The lowest BCUT2D eigenvalue weighted by molar-refractivity contribution is 0.571. The maximum atomic E-state index is 12.7. The van der Waals surface area contributed by atoms with Gasteiger partial charge >= 0.3 is 0 Å². The smallest absolute Gasteiger partial charge is 0.291 e. The fourth-order valence-corrected chi connectivity index (χ4v) is 4.43. The Balaban J connectivity index is 1.47. The topological polar surface area (TPSA) is 60.4 Å². The first-order chi connectivity index (χ1) is 14.6. The fraction of sp³-hybridized carbons (Fsp3) is 0.0455. The third-order valence-corrected chi connectivity index (χ3v) is 6.33. The zero-order valence-electron chi connectivity index (χ0n) is 15.4. The zero-order valence-corrected chi connectivity index (χ0v) is 17.7. The first kappa shape index (κ1) is 19.1. The van der Waals surface area contributed by atoms with E-state index in [0.717, 1.165) is 5.56 Å². The molecule has 148 valence electrons. The van der Waals surface area contributed by atoms with Gasteiger partial charge in [-0.25, -0.2) is 4.98 Å². The van der Waals surface area contributed by atoms with Crippen LogP contribution in [0.25, 0.3) is 22.4 Å². The molecule has 0 fully saturated rings. The Hall–Kier alpha value is -2.93. The summed E-state index contributed by atoms with van der Waals surface area (Å²) in [5.74, 6) is 1.73. The number of hydrogen-bond donors (Lipinski definition) is 0. The van der Waals surface area contributed by atoms with Crippen LogP contribution in [0, 0.1) is 0 Å². The van der Waals surface area contributed by atoms with Crippen LogP contribution in [0.4, 0.5) is 0 Å². The van der Waals surface area contributed by atoms with Gasteiger partial charge in [0.15, 0.2) is 5.82 Å². The van der Waals surface area contributed by atoms with Crippen LogP contribution in [-0.4, -0.2) is 14.6 Å². The van der Waals surface area contributed by atoms with Crippen molar-refractivity contribution < 1.29 is 4.42 Å². The minimum atomic E-state index is -0.222. The molecule has 2 aromatic carbocycles. The maximum Gasteiger partial charge on any atom is 0.291 e. The van der Waals surface area contributed by atoms with E-state index in [9.17, 15) is 4.79 Å². The second kappa shape index (κ2) is 7.72. The van der Waals surface area contributed by atoms with E-state index < -0.39 is 0 Å². The number of aromatic nitrogens is 3. The quantitative estimate of drug-likeness (QED) is 0.389. The van der Waals surface area contributed by atoms with Crippen LogP contribution in [0.3, 0.4) is 0 Å². The van der Waals surface area contributed by atoms with E-state index in [2.05, 4.69) is 10.1 Å². The van der Waals surface area contributed by atoms with Crippen molar-refractivity contribution in [3.05, 3.63) is 103 Å². The molecular weight excluding hydrogens is 441 g/mol. The number of benzene rings is 2. The molecular formula is C22H13Cl2N3O2S. The van der Waals surface area contributed by atoms with Gasteiger partial charge in [-0.2, -0.15) is 4.52 Å². The van der Waals surface area contributed by atoms with Gasteiger partial charge < -0.3 is 4.42 Å². The monoisotopic (exact) mass is 453 g/mol. The number of fused-ring (bicyclic) bond motifs is 1. The van der Waals surface area contributed by atoms with Gasteiger partial charge in [-0.05, 0) is 29.8 Å². The Bertz CT molecular complexity index is 1470. The highest BCUT2D eigenvalue weighted by molar-refractivity contribution is 7.15. The molecule has 0 saturated carbocycles. The molecule has 0 unspecified atom stereocenters. The van der Waals surface area contributed by atoms with Crippen molar-refractivity contribution in [3.8, 4) is 11.3 Å². The summed E-state index contributed by atoms with van der Waals surface area (Å²) in [6.45, 7) is 0. The van der Waals surface area contributed by atoms with E-state index >= 15 is 0 Å². The minimum absolute atomic E-state index is 0.222. The highest BCUT2D eigenvalue weighted by Crippen LogP contribution is 2.34. The van der Waals surface area contributed by atoms with Crippen LogP contribution in [0.2, 0.25) is 10.0 Å². The molecule has 5 nitrogen and oxygen atoms in total. The second-order valence-electron chi connectivity index (χ2n) is 6.60. The third kappa shape index (κ3) is 3.54. The molecule has 0 atom stereocenters. The molecule has 3 heterocycles. The summed E-state index contributed by atoms with van der Waals surface area (Å²) in [7, 11) is 0. The van der Waals surface area contributed by atoms with Gasteiger partial charge in [-0.15, -0.1) is 5.10 Å². The first-order valence-electron chi connectivity index (χ1n) is 9.07. The van der Waals surface area contributed by atoms with Gasteiger partial charge in [0, 0.05) is 18.1 Å². The Morgan fingerprint density at radius 3 is 2.67 bits per heavy atom. The van der Waals surface area contributed by atoms with Gasteiger partial charge in [0.2, 0.25) is 4.96 Å². The molecule has 3 aromatic heterocycles. The average molecular weight is 454 g/mol. The maximum absolute atomic E-state index is 12.7. The van der Waals surface area contributed by atoms with Crippen LogP contribution >= 0.6 is 34.5 Å². The molecule has 0 aliphatic carbocycles. The van der Waals surface area contributed by atoms with E-state index in [1.807, 2.05) is 36.4 Å². The van der Waals surface area contributed by atoms with Gasteiger partial charge in [0.25, 0.3) is 5.56 Å². The predicted octanol–water partition coefficient (Wildman–Crippen LogP) is 4.86. The lowest BCUT2D eigenvalue weighted by Gasteiger charge is -2.01. The Morgan fingerprint density at radius 2 is 1.87 bits per heavy atom. The number of thiazole rings is 1. The van der Waals surface area contributed by atoms with Crippen LogP contribution in [-0.2, 0) is 6.42 Å². The first-order valence-corrected chi connectivity index (χ1v) is 10.6. The van der Waals surface area contributed by atoms with Gasteiger partial charge in [-0.1, -0.05) is 70.9 Å². The Labute approximate surface area is 184 Å². The molecule has 0 saturated heterocycles. The molecule has 0 spiro atoms. The second-order valence-corrected chi connectivity index (χ2v) is 8.40. The van der Waals surface area contributed by atoms with E-state index in [1.54, 1.807) is 30.3 Å². The van der Waals surface area contributed by atoms with Crippen molar-refractivity contribution >= 4 is 45.6 Å². The van der Waals surface area contributed by atoms with Crippen molar-refractivity contribution in [2.75, 3.05) is 0 Å². The lowest BCUT2D eigenvalue weighted by Crippen LogP contribution is -2.23. The van der Waals surface area contributed by atoms with Gasteiger partial charge in [0.1, 0.15) is 16.1 Å². The number of rotatable bonds is 4. The van der Waals surface area contributed by atoms with Crippen molar-refractivity contribution in [1.82, 2.24) is 14.6 Å². The summed E-state index contributed by atoms with van der Waals surface area (Å²) in [4.78, 5) is 17.8.